The van der Waals surface area contributed by atoms with Crippen LogP contribution in [0.4, 0.5) is 29.2 Å². The zero-order valence-corrected chi connectivity index (χ0v) is 21.8. The van der Waals surface area contributed by atoms with Crippen LogP contribution >= 0.6 is 11.6 Å². The van der Waals surface area contributed by atoms with Crippen LogP contribution in [0.1, 0.15) is 38.7 Å². The third-order valence-corrected chi connectivity index (χ3v) is 6.88. The van der Waals surface area contributed by atoms with E-state index in [1.807, 2.05) is 89.8 Å². The molecular formula is C29H30ClN7. The molecule has 0 bridgehead atoms. The summed E-state index contributed by atoms with van der Waals surface area (Å²) in [5.74, 6) is 1.52. The Balaban J connectivity index is 1.59. The van der Waals surface area contributed by atoms with Gasteiger partial charge in [0.1, 0.15) is 0 Å². The number of piperidine rings is 1. The Kier molecular flexibility index (Phi) is 7.61. The van der Waals surface area contributed by atoms with Crippen LogP contribution in [0.15, 0.2) is 90.0 Å². The largest absolute Gasteiger partial charge is 0.335 e. The van der Waals surface area contributed by atoms with Crippen molar-refractivity contribution in [1.82, 2.24) is 15.0 Å². The van der Waals surface area contributed by atoms with Gasteiger partial charge in [0.25, 0.3) is 0 Å². The lowest BCUT2D eigenvalue weighted by atomic mass is 9.98. The minimum atomic E-state index is 0.320. The first-order chi connectivity index (χ1) is 18.1. The molecule has 3 aromatic carbocycles. The fourth-order valence-corrected chi connectivity index (χ4v) is 4.89. The van der Waals surface area contributed by atoms with Crippen LogP contribution in [-0.4, -0.2) is 33.3 Å². The minimum absolute atomic E-state index is 0.320. The molecular weight excluding hydrogens is 482 g/mol. The summed E-state index contributed by atoms with van der Waals surface area (Å²) in [4.78, 5) is 18.9. The summed E-state index contributed by atoms with van der Waals surface area (Å²) in [6, 6.07) is 28.4. The van der Waals surface area contributed by atoms with Crippen LogP contribution in [0.2, 0.25) is 5.02 Å². The Morgan fingerprint density at radius 3 is 2.05 bits per heavy atom. The van der Waals surface area contributed by atoms with Crippen molar-refractivity contribution in [2.45, 2.75) is 45.2 Å². The summed E-state index contributed by atoms with van der Waals surface area (Å²) in [5, 5.41) is 5.02. The van der Waals surface area contributed by atoms with Crippen LogP contribution < -0.4 is 15.2 Å². The maximum atomic E-state index is 6.29. The van der Waals surface area contributed by atoms with Gasteiger partial charge in [-0.1, -0.05) is 66.2 Å². The summed E-state index contributed by atoms with van der Waals surface area (Å²) in [6.45, 7) is 4.46. The van der Waals surface area contributed by atoms with Gasteiger partial charge in [-0.3, -0.25) is 4.90 Å². The molecule has 1 aliphatic heterocycles. The quantitative estimate of drug-likeness (QED) is 0.209. The molecule has 4 aromatic rings. The molecule has 0 spiro atoms. The van der Waals surface area contributed by atoms with Crippen molar-refractivity contribution in [3.8, 4) is 0 Å². The molecule has 1 saturated heterocycles. The van der Waals surface area contributed by atoms with E-state index < -0.39 is 0 Å². The Hall–Kier alpha value is -3.97. The molecule has 1 aromatic heterocycles. The molecule has 7 nitrogen and oxygen atoms in total. The number of hydrogen-bond acceptors (Lipinski definition) is 7. The van der Waals surface area contributed by atoms with Crippen molar-refractivity contribution in [3.05, 3.63) is 95.5 Å². The zero-order chi connectivity index (χ0) is 25.6. The number of halogens is 1. The first kappa shape index (κ1) is 24.7. The number of aromatic nitrogens is 3. The highest BCUT2D eigenvalue weighted by Gasteiger charge is 2.29. The molecule has 0 saturated carbocycles. The van der Waals surface area contributed by atoms with Gasteiger partial charge >= 0.3 is 0 Å². The van der Waals surface area contributed by atoms with Crippen LogP contribution in [0, 0.1) is 0 Å². The van der Waals surface area contributed by atoms with Crippen molar-refractivity contribution >= 4 is 47.0 Å². The highest BCUT2D eigenvalue weighted by molar-refractivity contribution is 6.33. The smallest absolute Gasteiger partial charge is 0.250 e. The zero-order valence-electron chi connectivity index (χ0n) is 21.0. The van der Waals surface area contributed by atoms with E-state index in [0.29, 0.717) is 35.0 Å². The second-order valence-electron chi connectivity index (χ2n) is 9.19. The van der Waals surface area contributed by atoms with Crippen LogP contribution in [0.25, 0.3) is 0 Å². The number of hydrogen-bond donors (Lipinski definition) is 1. The molecule has 0 unspecified atom stereocenters. The maximum Gasteiger partial charge on any atom is 0.250 e. The number of para-hydroxylation sites is 2. The van der Waals surface area contributed by atoms with E-state index in [1.165, 1.54) is 6.42 Å². The predicted molar refractivity (Wildman–Crippen MR) is 152 cm³/mol. The van der Waals surface area contributed by atoms with E-state index in [1.54, 1.807) is 6.21 Å². The van der Waals surface area contributed by atoms with E-state index in [2.05, 4.69) is 29.3 Å². The molecule has 2 atom stereocenters. The van der Waals surface area contributed by atoms with Gasteiger partial charge in [0, 0.05) is 34.0 Å². The monoisotopic (exact) mass is 511 g/mol. The molecule has 5 rings (SSSR count). The van der Waals surface area contributed by atoms with Crippen molar-refractivity contribution in [2.75, 3.05) is 15.2 Å². The molecule has 0 amide bonds. The Morgan fingerprint density at radius 2 is 1.43 bits per heavy atom. The third kappa shape index (κ3) is 5.73. The Labute approximate surface area is 222 Å². The van der Waals surface area contributed by atoms with Gasteiger partial charge in [-0.2, -0.15) is 20.1 Å². The van der Waals surface area contributed by atoms with Gasteiger partial charge in [0.15, 0.2) is 0 Å². The SMILES string of the molecule is C[C@@H]1CCC[C@@H](C)N1c1nc(NN=Cc2ccccc2Cl)nc(N(c2ccccc2)c2ccccc2)n1. The van der Waals surface area contributed by atoms with Crippen LogP contribution in [-0.2, 0) is 0 Å². The normalized spacial score (nSPS) is 17.6. The second kappa shape index (κ2) is 11.4. The van der Waals surface area contributed by atoms with Gasteiger partial charge < -0.3 is 4.90 Å². The lowest BCUT2D eigenvalue weighted by Gasteiger charge is -2.39. The molecule has 1 N–H and O–H groups in total. The number of benzene rings is 3. The van der Waals surface area contributed by atoms with E-state index >= 15 is 0 Å². The summed E-state index contributed by atoms with van der Waals surface area (Å²) in [6.07, 6.45) is 5.06. The van der Waals surface area contributed by atoms with Crippen molar-refractivity contribution in [1.29, 1.82) is 0 Å². The lowest BCUT2D eigenvalue weighted by molar-refractivity contribution is 0.407. The number of hydrazone groups is 1. The third-order valence-electron chi connectivity index (χ3n) is 6.54. The first-order valence-corrected chi connectivity index (χ1v) is 13.0. The standard InChI is InChI=1S/C29H30ClN7/c1-21-12-11-13-22(2)36(21)28-32-27(35-31-20-23-14-9-10-19-26(23)30)33-29(34-28)37(24-15-5-3-6-16-24)25-17-7-4-8-18-25/h3-10,14-22H,11-13H2,1-2H3,(H,32,33,34,35)/t21-,22-/m1/s1. The van der Waals surface area contributed by atoms with E-state index in [0.717, 1.165) is 29.8 Å². The predicted octanol–water partition coefficient (Wildman–Crippen LogP) is 7.21. The number of rotatable bonds is 7. The summed E-state index contributed by atoms with van der Waals surface area (Å²) in [5.41, 5.74) is 5.74. The molecule has 0 radical (unpaired) electrons. The highest BCUT2D eigenvalue weighted by atomic mass is 35.5. The molecule has 1 aliphatic rings. The average molecular weight is 512 g/mol. The Bertz CT molecular complexity index is 1300. The van der Waals surface area contributed by atoms with Gasteiger partial charge in [-0.25, -0.2) is 5.43 Å². The fourth-order valence-electron chi connectivity index (χ4n) is 4.71. The van der Waals surface area contributed by atoms with E-state index in [9.17, 15) is 0 Å². The highest BCUT2D eigenvalue weighted by Crippen LogP contribution is 2.34. The molecule has 0 aliphatic carbocycles. The topological polar surface area (TPSA) is 69.5 Å². The van der Waals surface area contributed by atoms with Crippen molar-refractivity contribution < 1.29 is 0 Å². The molecule has 37 heavy (non-hydrogen) atoms. The maximum absolute atomic E-state index is 6.29. The number of nitrogens with one attached hydrogen (secondary N) is 1. The first-order valence-electron chi connectivity index (χ1n) is 12.6. The van der Waals surface area contributed by atoms with Gasteiger partial charge in [-0.15, -0.1) is 0 Å². The lowest BCUT2D eigenvalue weighted by Crippen LogP contribution is -2.45. The second-order valence-corrected chi connectivity index (χ2v) is 9.60. The summed E-state index contributed by atoms with van der Waals surface area (Å²) in [7, 11) is 0. The van der Waals surface area contributed by atoms with Crippen molar-refractivity contribution in [2.24, 2.45) is 5.10 Å². The summed E-state index contributed by atoms with van der Waals surface area (Å²) < 4.78 is 0. The fraction of sp³-hybridized carbons (Fsp3) is 0.241. The number of anilines is 5. The van der Waals surface area contributed by atoms with E-state index in [-0.39, 0.29) is 0 Å². The number of nitrogens with zero attached hydrogens (tertiary/aromatic N) is 6. The van der Waals surface area contributed by atoms with Crippen LogP contribution in [0.3, 0.4) is 0 Å². The van der Waals surface area contributed by atoms with E-state index in [4.69, 9.17) is 26.6 Å². The molecule has 188 valence electrons. The van der Waals surface area contributed by atoms with Crippen molar-refractivity contribution in [3.63, 3.8) is 0 Å². The van der Waals surface area contributed by atoms with Gasteiger partial charge in [0.05, 0.1) is 6.21 Å². The summed E-state index contributed by atoms with van der Waals surface area (Å²) >= 11 is 6.29. The Morgan fingerprint density at radius 1 is 0.838 bits per heavy atom. The molecule has 1 fully saturated rings. The van der Waals surface area contributed by atoms with Gasteiger partial charge in [0.2, 0.25) is 17.8 Å². The molecule has 2 heterocycles. The average Bonchev–Trinajstić information content (AvgIpc) is 2.91. The molecule has 8 heteroatoms. The van der Waals surface area contributed by atoms with Gasteiger partial charge in [-0.05, 0) is 63.4 Å². The van der Waals surface area contributed by atoms with Crippen LogP contribution in [0.5, 0.6) is 0 Å². The minimum Gasteiger partial charge on any atom is -0.335 e.